The van der Waals surface area contributed by atoms with Crippen LogP contribution >= 0.6 is 0 Å². The number of hydrogen-bond donors (Lipinski definition) is 1. The molecule has 1 fully saturated rings. The molecule has 1 aliphatic carbocycles. The van der Waals surface area contributed by atoms with Crippen LogP contribution in [-0.4, -0.2) is 48.6 Å². The fraction of sp³-hybridized carbons (Fsp3) is 0.846. The van der Waals surface area contributed by atoms with Crippen molar-refractivity contribution in [2.75, 3.05) is 19.7 Å². The zero-order valence-electron chi connectivity index (χ0n) is 11.6. The van der Waals surface area contributed by atoms with Gasteiger partial charge in [-0.1, -0.05) is 6.92 Å². The third-order valence-electron chi connectivity index (χ3n) is 2.95. The monoisotopic (exact) mass is 256 g/mol. The molecule has 0 aliphatic heterocycles. The van der Waals surface area contributed by atoms with Crippen molar-refractivity contribution in [3.8, 4) is 0 Å². The van der Waals surface area contributed by atoms with Crippen molar-refractivity contribution in [3.63, 3.8) is 0 Å². The van der Waals surface area contributed by atoms with Gasteiger partial charge >= 0.3 is 5.97 Å². The number of hydrogen-bond acceptors (Lipinski definition) is 4. The second-order valence-electron chi connectivity index (χ2n) is 4.72. The lowest BCUT2D eigenvalue weighted by Crippen LogP contribution is -2.41. The standard InChI is InChI=1S/C13H24N2O3/c1-4-14-10(3)8-12(16)15(11-6-7-11)9-13(17)18-5-2/h10-11,14H,4-9H2,1-3H3. The summed E-state index contributed by atoms with van der Waals surface area (Å²) in [6.07, 6.45) is 2.44. The van der Waals surface area contributed by atoms with E-state index in [1.807, 2.05) is 13.8 Å². The molecule has 1 N–H and O–H groups in total. The molecule has 0 heterocycles. The van der Waals surface area contributed by atoms with E-state index in [9.17, 15) is 9.59 Å². The summed E-state index contributed by atoms with van der Waals surface area (Å²) in [5, 5.41) is 3.21. The third-order valence-corrected chi connectivity index (χ3v) is 2.95. The topological polar surface area (TPSA) is 58.6 Å². The summed E-state index contributed by atoms with van der Waals surface area (Å²) in [4.78, 5) is 25.3. The van der Waals surface area contributed by atoms with Crippen LogP contribution in [0.25, 0.3) is 0 Å². The van der Waals surface area contributed by atoms with Gasteiger partial charge in [-0.3, -0.25) is 9.59 Å². The first-order valence-corrected chi connectivity index (χ1v) is 6.76. The molecule has 1 amide bonds. The van der Waals surface area contributed by atoms with Crippen LogP contribution in [-0.2, 0) is 14.3 Å². The Bertz CT molecular complexity index is 290. The number of esters is 1. The maximum absolute atomic E-state index is 12.1. The molecular formula is C13H24N2O3. The van der Waals surface area contributed by atoms with Crippen molar-refractivity contribution in [1.82, 2.24) is 10.2 Å². The highest BCUT2D eigenvalue weighted by atomic mass is 16.5. The summed E-state index contributed by atoms with van der Waals surface area (Å²) >= 11 is 0. The maximum Gasteiger partial charge on any atom is 0.325 e. The molecule has 104 valence electrons. The van der Waals surface area contributed by atoms with Crippen molar-refractivity contribution in [2.45, 2.75) is 52.1 Å². The van der Waals surface area contributed by atoms with Crippen molar-refractivity contribution in [1.29, 1.82) is 0 Å². The average Bonchev–Trinajstić information content (AvgIpc) is 3.10. The Morgan fingerprint density at radius 1 is 1.39 bits per heavy atom. The van der Waals surface area contributed by atoms with Crippen LogP contribution in [0.2, 0.25) is 0 Å². The molecule has 0 bridgehead atoms. The van der Waals surface area contributed by atoms with Crippen LogP contribution < -0.4 is 5.32 Å². The highest BCUT2D eigenvalue weighted by Gasteiger charge is 2.34. The van der Waals surface area contributed by atoms with Crippen molar-refractivity contribution < 1.29 is 14.3 Å². The van der Waals surface area contributed by atoms with E-state index in [0.717, 1.165) is 19.4 Å². The summed E-state index contributed by atoms with van der Waals surface area (Å²) in [6, 6.07) is 0.390. The molecule has 0 aromatic carbocycles. The van der Waals surface area contributed by atoms with Crippen LogP contribution in [0.3, 0.4) is 0 Å². The van der Waals surface area contributed by atoms with Crippen molar-refractivity contribution in [3.05, 3.63) is 0 Å². The maximum atomic E-state index is 12.1. The first kappa shape index (κ1) is 15.0. The molecule has 0 aromatic rings. The minimum absolute atomic E-state index is 0.0407. The first-order chi connectivity index (χ1) is 8.58. The van der Waals surface area contributed by atoms with Crippen LogP contribution in [0.1, 0.15) is 40.0 Å². The van der Waals surface area contributed by atoms with E-state index in [2.05, 4.69) is 5.32 Å². The van der Waals surface area contributed by atoms with Gasteiger partial charge in [-0.2, -0.15) is 0 Å². The Kier molecular flexibility index (Phi) is 6.12. The van der Waals surface area contributed by atoms with Crippen molar-refractivity contribution >= 4 is 11.9 Å². The molecule has 5 nitrogen and oxygen atoms in total. The third kappa shape index (κ3) is 5.04. The molecule has 0 saturated heterocycles. The van der Waals surface area contributed by atoms with Crippen LogP contribution in [0.4, 0.5) is 0 Å². The summed E-state index contributed by atoms with van der Waals surface area (Å²) in [5.74, 6) is -0.271. The number of rotatable bonds is 8. The highest BCUT2D eigenvalue weighted by Crippen LogP contribution is 2.27. The van der Waals surface area contributed by atoms with Gasteiger partial charge in [-0.25, -0.2) is 0 Å². The van der Waals surface area contributed by atoms with Crippen molar-refractivity contribution in [2.24, 2.45) is 0 Å². The lowest BCUT2D eigenvalue weighted by Gasteiger charge is -2.23. The van der Waals surface area contributed by atoms with Gasteiger partial charge in [0.25, 0.3) is 0 Å². The van der Waals surface area contributed by atoms with Gasteiger partial charge in [0.15, 0.2) is 0 Å². The second kappa shape index (κ2) is 7.36. The molecule has 1 unspecified atom stereocenters. The largest absolute Gasteiger partial charge is 0.465 e. The molecule has 0 aromatic heterocycles. The van der Waals surface area contributed by atoms with E-state index < -0.39 is 0 Å². The van der Waals surface area contributed by atoms with Crippen LogP contribution in [0.5, 0.6) is 0 Å². The fourth-order valence-electron chi connectivity index (χ4n) is 1.95. The normalized spacial score (nSPS) is 16.2. The minimum Gasteiger partial charge on any atom is -0.465 e. The lowest BCUT2D eigenvalue weighted by atomic mass is 10.2. The molecule has 1 rings (SSSR count). The summed E-state index contributed by atoms with van der Waals surface area (Å²) < 4.78 is 4.90. The predicted molar refractivity (Wildman–Crippen MR) is 69.1 cm³/mol. The van der Waals surface area contributed by atoms with Gasteiger partial charge in [-0.05, 0) is 33.2 Å². The molecule has 0 spiro atoms. The number of amides is 1. The zero-order valence-corrected chi connectivity index (χ0v) is 11.6. The second-order valence-corrected chi connectivity index (χ2v) is 4.72. The van der Waals surface area contributed by atoms with E-state index in [-0.39, 0.29) is 30.5 Å². The quantitative estimate of drug-likeness (QED) is 0.656. The summed E-state index contributed by atoms with van der Waals surface area (Å²) in [7, 11) is 0. The number of carbonyl (C=O) groups excluding carboxylic acids is 2. The molecular weight excluding hydrogens is 232 g/mol. The first-order valence-electron chi connectivity index (χ1n) is 6.76. The van der Waals surface area contributed by atoms with Crippen LogP contribution in [0, 0.1) is 0 Å². The number of ether oxygens (including phenoxy) is 1. The molecule has 5 heteroatoms. The number of nitrogens with one attached hydrogen (secondary N) is 1. The molecule has 1 aliphatic rings. The number of nitrogens with zero attached hydrogens (tertiary/aromatic N) is 1. The lowest BCUT2D eigenvalue weighted by molar-refractivity contribution is -0.149. The zero-order chi connectivity index (χ0) is 13.5. The van der Waals surface area contributed by atoms with Gasteiger partial charge in [0.05, 0.1) is 6.61 Å². The molecule has 1 saturated carbocycles. The minimum atomic E-state index is -0.311. The Labute approximate surface area is 109 Å². The Balaban J connectivity index is 2.45. The van der Waals surface area contributed by atoms with Gasteiger partial charge in [0.2, 0.25) is 5.91 Å². The predicted octanol–water partition coefficient (Wildman–Crippen LogP) is 0.929. The van der Waals surface area contributed by atoms with E-state index >= 15 is 0 Å². The fourth-order valence-corrected chi connectivity index (χ4v) is 1.95. The van der Waals surface area contributed by atoms with Gasteiger partial charge in [0.1, 0.15) is 6.54 Å². The Hall–Kier alpha value is -1.10. The van der Waals surface area contributed by atoms with Crippen LogP contribution in [0.15, 0.2) is 0 Å². The molecule has 0 radical (unpaired) electrons. The van der Waals surface area contributed by atoms with E-state index in [1.165, 1.54) is 0 Å². The molecule has 1 atom stereocenters. The Morgan fingerprint density at radius 3 is 2.56 bits per heavy atom. The van der Waals surface area contributed by atoms with Gasteiger partial charge in [-0.15, -0.1) is 0 Å². The number of carbonyl (C=O) groups is 2. The Morgan fingerprint density at radius 2 is 2.06 bits per heavy atom. The summed E-state index contributed by atoms with van der Waals surface area (Å²) in [6.45, 7) is 7.06. The highest BCUT2D eigenvalue weighted by molar-refractivity contribution is 5.83. The van der Waals surface area contributed by atoms with Gasteiger partial charge in [0, 0.05) is 18.5 Å². The van der Waals surface area contributed by atoms with Gasteiger partial charge < -0.3 is 15.0 Å². The van der Waals surface area contributed by atoms with E-state index in [1.54, 1.807) is 11.8 Å². The molecule has 18 heavy (non-hydrogen) atoms. The average molecular weight is 256 g/mol. The summed E-state index contributed by atoms with van der Waals surface area (Å²) in [5.41, 5.74) is 0. The SMILES string of the molecule is CCNC(C)CC(=O)N(CC(=O)OCC)C1CC1. The van der Waals surface area contributed by atoms with E-state index in [0.29, 0.717) is 13.0 Å². The smallest absolute Gasteiger partial charge is 0.325 e. The van der Waals surface area contributed by atoms with E-state index in [4.69, 9.17) is 4.74 Å².